The van der Waals surface area contributed by atoms with Gasteiger partial charge in [0.25, 0.3) is 0 Å². The summed E-state index contributed by atoms with van der Waals surface area (Å²) in [5.74, 6) is 0.448. The predicted molar refractivity (Wildman–Crippen MR) is 77.4 cm³/mol. The number of carbonyl (C=O) groups is 1. The van der Waals surface area contributed by atoms with E-state index in [0.717, 1.165) is 11.1 Å². The van der Waals surface area contributed by atoms with Crippen LogP contribution in [0.4, 0.5) is 0 Å². The number of ketones is 1. The summed E-state index contributed by atoms with van der Waals surface area (Å²) >= 11 is 5.91. The standard InChI is InChI=1S/C16H15ClO2/c1-10-4-6-13(11(2)8-10)16(18)14-7-5-12(17)9-15(14)19-3/h4-9H,1-3H3. The van der Waals surface area contributed by atoms with Crippen LogP contribution in [0.15, 0.2) is 36.4 Å². The normalized spacial score (nSPS) is 10.3. The highest BCUT2D eigenvalue weighted by Gasteiger charge is 2.16. The Labute approximate surface area is 118 Å². The van der Waals surface area contributed by atoms with E-state index in [0.29, 0.717) is 21.9 Å². The summed E-state index contributed by atoms with van der Waals surface area (Å²) in [7, 11) is 1.53. The van der Waals surface area contributed by atoms with Crippen LogP contribution in [0.2, 0.25) is 5.02 Å². The third kappa shape index (κ3) is 2.79. The lowest BCUT2D eigenvalue weighted by molar-refractivity contribution is 0.103. The van der Waals surface area contributed by atoms with Gasteiger partial charge in [-0.3, -0.25) is 4.79 Å². The van der Waals surface area contributed by atoms with Gasteiger partial charge in [0.05, 0.1) is 12.7 Å². The maximum Gasteiger partial charge on any atom is 0.197 e. The molecule has 0 saturated heterocycles. The number of hydrogen-bond donors (Lipinski definition) is 0. The van der Waals surface area contributed by atoms with Gasteiger partial charge >= 0.3 is 0 Å². The maximum absolute atomic E-state index is 12.5. The quantitative estimate of drug-likeness (QED) is 0.784. The van der Waals surface area contributed by atoms with Crippen LogP contribution in [-0.4, -0.2) is 12.9 Å². The molecule has 0 aliphatic rings. The third-order valence-corrected chi connectivity index (χ3v) is 3.27. The SMILES string of the molecule is COc1cc(Cl)ccc1C(=O)c1ccc(C)cc1C. The van der Waals surface area contributed by atoms with E-state index >= 15 is 0 Å². The molecular formula is C16H15ClO2. The molecular weight excluding hydrogens is 260 g/mol. The molecule has 2 aromatic rings. The molecule has 3 heteroatoms. The van der Waals surface area contributed by atoms with E-state index in [1.165, 1.54) is 7.11 Å². The smallest absolute Gasteiger partial charge is 0.197 e. The fraction of sp³-hybridized carbons (Fsp3) is 0.188. The zero-order chi connectivity index (χ0) is 14.0. The molecule has 2 nitrogen and oxygen atoms in total. The van der Waals surface area contributed by atoms with E-state index in [9.17, 15) is 4.79 Å². The Morgan fingerprint density at radius 2 is 1.74 bits per heavy atom. The summed E-state index contributed by atoms with van der Waals surface area (Å²) in [6, 6.07) is 10.8. The second kappa shape index (κ2) is 5.45. The van der Waals surface area contributed by atoms with E-state index in [1.54, 1.807) is 18.2 Å². The number of rotatable bonds is 3. The molecule has 0 fully saturated rings. The Balaban J connectivity index is 2.50. The first-order valence-corrected chi connectivity index (χ1v) is 6.36. The Hall–Kier alpha value is -1.80. The Morgan fingerprint density at radius 3 is 2.37 bits per heavy atom. The number of aryl methyl sites for hydroxylation is 2. The highest BCUT2D eigenvalue weighted by Crippen LogP contribution is 2.26. The Kier molecular flexibility index (Phi) is 3.91. The van der Waals surface area contributed by atoms with Gasteiger partial charge in [0.15, 0.2) is 5.78 Å². The van der Waals surface area contributed by atoms with Gasteiger partial charge in [-0.1, -0.05) is 35.4 Å². The van der Waals surface area contributed by atoms with Gasteiger partial charge in [-0.25, -0.2) is 0 Å². The second-order valence-electron chi connectivity index (χ2n) is 4.49. The lowest BCUT2D eigenvalue weighted by Crippen LogP contribution is -2.06. The molecule has 19 heavy (non-hydrogen) atoms. The predicted octanol–water partition coefficient (Wildman–Crippen LogP) is 4.20. The van der Waals surface area contributed by atoms with E-state index in [1.807, 2.05) is 32.0 Å². The third-order valence-electron chi connectivity index (χ3n) is 3.03. The molecule has 0 aliphatic carbocycles. The molecule has 0 aliphatic heterocycles. The monoisotopic (exact) mass is 274 g/mol. The number of benzene rings is 2. The first-order valence-electron chi connectivity index (χ1n) is 5.98. The Morgan fingerprint density at radius 1 is 1.05 bits per heavy atom. The van der Waals surface area contributed by atoms with E-state index in [4.69, 9.17) is 16.3 Å². The summed E-state index contributed by atoms with van der Waals surface area (Å²) in [6.07, 6.45) is 0. The van der Waals surface area contributed by atoms with Gasteiger partial charge in [-0.15, -0.1) is 0 Å². The molecule has 0 saturated carbocycles. The summed E-state index contributed by atoms with van der Waals surface area (Å²) in [6.45, 7) is 3.94. The zero-order valence-electron chi connectivity index (χ0n) is 11.2. The highest BCUT2D eigenvalue weighted by molar-refractivity contribution is 6.31. The minimum absolute atomic E-state index is 0.0500. The topological polar surface area (TPSA) is 26.3 Å². The fourth-order valence-electron chi connectivity index (χ4n) is 2.07. The molecule has 0 spiro atoms. The van der Waals surface area contributed by atoms with Crippen LogP contribution in [0.25, 0.3) is 0 Å². The number of halogens is 1. The lowest BCUT2D eigenvalue weighted by Gasteiger charge is -2.10. The van der Waals surface area contributed by atoms with Crippen LogP contribution in [0.1, 0.15) is 27.0 Å². The average Bonchev–Trinajstić information content (AvgIpc) is 2.37. The highest BCUT2D eigenvalue weighted by atomic mass is 35.5. The summed E-state index contributed by atoms with van der Waals surface area (Å²) in [5.41, 5.74) is 3.31. The van der Waals surface area contributed by atoms with Crippen molar-refractivity contribution in [2.24, 2.45) is 0 Å². The van der Waals surface area contributed by atoms with E-state index in [-0.39, 0.29) is 5.78 Å². The molecule has 0 bridgehead atoms. The van der Waals surface area contributed by atoms with Crippen molar-refractivity contribution in [3.63, 3.8) is 0 Å². The van der Waals surface area contributed by atoms with Gasteiger partial charge in [0.2, 0.25) is 0 Å². The minimum atomic E-state index is -0.0500. The van der Waals surface area contributed by atoms with Gasteiger partial charge in [0.1, 0.15) is 5.75 Å². The summed E-state index contributed by atoms with van der Waals surface area (Å²) in [5, 5.41) is 0.550. The van der Waals surface area contributed by atoms with Crippen LogP contribution < -0.4 is 4.74 Å². The van der Waals surface area contributed by atoms with Crippen molar-refractivity contribution in [3.05, 3.63) is 63.7 Å². The number of carbonyl (C=O) groups excluding carboxylic acids is 1. The number of hydrogen-bond acceptors (Lipinski definition) is 2. The summed E-state index contributed by atoms with van der Waals surface area (Å²) in [4.78, 5) is 12.5. The zero-order valence-corrected chi connectivity index (χ0v) is 11.9. The van der Waals surface area contributed by atoms with Crippen LogP contribution >= 0.6 is 11.6 Å². The van der Waals surface area contributed by atoms with Gasteiger partial charge in [-0.2, -0.15) is 0 Å². The van der Waals surface area contributed by atoms with Crippen LogP contribution in [-0.2, 0) is 0 Å². The molecule has 0 N–H and O–H groups in total. The maximum atomic E-state index is 12.5. The summed E-state index contributed by atoms with van der Waals surface area (Å²) < 4.78 is 5.23. The average molecular weight is 275 g/mol. The van der Waals surface area contributed by atoms with Crippen molar-refractivity contribution < 1.29 is 9.53 Å². The first-order chi connectivity index (χ1) is 9.02. The van der Waals surface area contributed by atoms with Crippen LogP contribution in [0, 0.1) is 13.8 Å². The van der Waals surface area contributed by atoms with Gasteiger partial charge in [-0.05, 0) is 37.6 Å². The largest absolute Gasteiger partial charge is 0.496 e. The van der Waals surface area contributed by atoms with E-state index < -0.39 is 0 Å². The molecule has 0 heterocycles. The molecule has 2 rings (SSSR count). The van der Waals surface area contributed by atoms with Gasteiger partial charge in [0, 0.05) is 10.6 Å². The van der Waals surface area contributed by atoms with Crippen molar-refractivity contribution in [2.75, 3.05) is 7.11 Å². The number of ether oxygens (including phenoxy) is 1. The minimum Gasteiger partial charge on any atom is -0.496 e. The van der Waals surface area contributed by atoms with Crippen molar-refractivity contribution in [1.82, 2.24) is 0 Å². The van der Waals surface area contributed by atoms with Crippen molar-refractivity contribution >= 4 is 17.4 Å². The molecule has 0 amide bonds. The molecule has 0 unspecified atom stereocenters. The number of methoxy groups -OCH3 is 1. The van der Waals surface area contributed by atoms with Crippen molar-refractivity contribution in [3.8, 4) is 5.75 Å². The van der Waals surface area contributed by atoms with Crippen LogP contribution in [0.3, 0.4) is 0 Å². The molecule has 0 aromatic heterocycles. The van der Waals surface area contributed by atoms with Crippen molar-refractivity contribution in [1.29, 1.82) is 0 Å². The van der Waals surface area contributed by atoms with Gasteiger partial charge < -0.3 is 4.74 Å². The van der Waals surface area contributed by atoms with E-state index in [2.05, 4.69) is 0 Å². The molecule has 98 valence electrons. The second-order valence-corrected chi connectivity index (χ2v) is 4.93. The molecule has 0 atom stereocenters. The lowest BCUT2D eigenvalue weighted by atomic mass is 9.97. The fourth-order valence-corrected chi connectivity index (χ4v) is 2.23. The Bertz CT molecular complexity index is 633. The van der Waals surface area contributed by atoms with Crippen LogP contribution in [0.5, 0.6) is 5.75 Å². The molecule has 2 aromatic carbocycles. The first kappa shape index (κ1) is 13.6. The molecule has 0 radical (unpaired) electrons. The van der Waals surface area contributed by atoms with Crippen molar-refractivity contribution in [2.45, 2.75) is 13.8 Å².